The number of ether oxygens (including phenoxy) is 1. The van der Waals surface area contributed by atoms with Gasteiger partial charge in [-0.2, -0.15) is 0 Å². The highest BCUT2D eigenvalue weighted by atomic mass is 79.9. The molecular weight excluding hydrogens is 318 g/mol. The normalized spacial score (nSPS) is 12.2. The minimum absolute atomic E-state index is 0.0554. The van der Waals surface area contributed by atoms with Crippen molar-refractivity contribution < 1.29 is 9.53 Å². The van der Waals surface area contributed by atoms with E-state index in [0.717, 1.165) is 18.6 Å². The van der Waals surface area contributed by atoms with Crippen LogP contribution in [0.5, 0.6) is 5.75 Å². The Labute approximate surface area is 130 Å². The molecular formula is C16H24BrNO2. The van der Waals surface area contributed by atoms with Crippen LogP contribution in [-0.2, 0) is 0 Å². The van der Waals surface area contributed by atoms with E-state index in [-0.39, 0.29) is 5.91 Å². The number of rotatable bonds is 8. The molecule has 0 aliphatic rings. The molecule has 3 nitrogen and oxygen atoms in total. The molecule has 1 amide bonds. The molecule has 0 aliphatic heterocycles. The number of amides is 1. The van der Waals surface area contributed by atoms with Crippen LogP contribution in [0.2, 0.25) is 0 Å². The summed E-state index contributed by atoms with van der Waals surface area (Å²) in [6, 6.07) is 7.31. The van der Waals surface area contributed by atoms with Crippen LogP contribution in [0, 0.1) is 5.92 Å². The fourth-order valence-corrected chi connectivity index (χ4v) is 2.76. The predicted octanol–water partition coefficient (Wildman–Crippen LogP) is 4.01. The van der Waals surface area contributed by atoms with Crippen molar-refractivity contribution in [3.63, 3.8) is 0 Å². The van der Waals surface area contributed by atoms with Gasteiger partial charge in [0.05, 0.1) is 6.61 Å². The zero-order valence-corrected chi connectivity index (χ0v) is 14.1. The second kappa shape index (κ2) is 9.01. The van der Waals surface area contributed by atoms with Crippen LogP contribution in [0.25, 0.3) is 0 Å². The predicted molar refractivity (Wildman–Crippen MR) is 86.7 cm³/mol. The van der Waals surface area contributed by atoms with E-state index >= 15 is 0 Å². The number of halogens is 1. The van der Waals surface area contributed by atoms with Crippen molar-refractivity contribution in [2.75, 3.05) is 13.2 Å². The van der Waals surface area contributed by atoms with Crippen LogP contribution in [0.15, 0.2) is 24.3 Å². The molecule has 20 heavy (non-hydrogen) atoms. The van der Waals surface area contributed by atoms with Crippen LogP contribution in [0.4, 0.5) is 0 Å². The van der Waals surface area contributed by atoms with Crippen molar-refractivity contribution in [1.82, 2.24) is 5.32 Å². The number of benzene rings is 1. The number of nitrogens with one attached hydrogen (secondary N) is 1. The fraction of sp³-hybridized carbons (Fsp3) is 0.562. The summed E-state index contributed by atoms with van der Waals surface area (Å²) in [6.45, 7) is 7.71. The third kappa shape index (κ3) is 6.42. The molecule has 4 heteroatoms. The number of alkyl halides is 1. The zero-order chi connectivity index (χ0) is 15.0. The lowest BCUT2D eigenvalue weighted by Crippen LogP contribution is -2.30. The van der Waals surface area contributed by atoms with Crippen LogP contribution in [0.1, 0.15) is 44.0 Å². The van der Waals surface area contributed by atoms with E-state index in [2.05, 4.69) is 42.0 Å². The topological polar surface area (TPSA) is 38.3 Å². The van der Waals surface area contributed by atoms with E-state index in [9.17, 15) is 4.79 Å². The van der Waals surface area contributed by atoms with Crippen molar-refractivity contribution in [2.45, 2.75) is 38.4 Å². The SMILES string of the molecule is CCCOc1cccc(C(=O)NCC(Br)CC(C)C)c1. The number of carbonyl (C=O) groups is 1. The van der Waals surface area contributed by atoms with Crippen LogP contribution >= 0.6 is 15.9 Å². The summed E-state index contributed by atoms with van der Waals surface area (Å²) in [6.07, 6.45) is 2.00. The van der Waals surface area contributed by atoms with Gasteiger partial charge < -0.3 is 10.1 Å². The van der Waals surface area contributed by atoms with E-state index in [1.54, 1.807) is 12.1 Å². The molecule has 0 aromatic heterocycles. The molecule has 1 aromatic carbocycles. The summed E-state index contributed by atoms with van der Waals surface area (Å²) in [5.41, 5.74) is 0.642. The molecule has 0 fully saturated rings. The molecule has 1 unspecified atom stereocenters. The Morgan fingerprint density at radius 2 is 2.15 bits per heavy atom. The largest absolute Gasteiger partial charge is 0.494 e. The Balaban J connectivity index is 2.50. The molecule has 0 bridgehead atoms. The van der Waals surface area contributed by atoms with E-state index in [0.29, 0.717) is 29.5 Å². The molecule has 0 saturated heterocycles. The van der Waals surface area contributed by atoms with Gasteiger partial charge in [0.15, 0.2) is 0 Å². The van der Waals surface area contributed by atoms with Crippen molar-refractivity contribution >= 4 is 21.8 Å². The molecule has 1 rings (SSSR count). The minimum atomic E-state index is -0.0554. The zero-order valence-electron chi connectivity index (χ0n) is 12.5. The molecule has 112 valence electrons. The number of carbonyl (C=O) groups excluding carboxylic acids is 1. The molecule has 0 radical (unpaired) electrons. The maximum atomic E-state index is 12.1. The summed E-state index contributed by atoms with van der Waals surface area (Å²) >= 11 is 3.59. The summed E-state index contributed by atoms with van der Waals surface area (Å²) in [5.74, 6) is 1.30. The van der Waals surface area contributed by atoms with E-state index < -0.39 is 0 Å². The van der Waals surface area contributed by atoms with E-state index in [4.69, 9.17) is 4.74 Å². The van der Waals surface area contributed by atoms with Crippen LogP contribution in [-0.4, -0.2) is 23.9 Å². The van der Waals surface area contributed by atoms with Gasteiger partial charge in [-0.1, -0.05) is 42.8 Å². The highest BCUT2D eigenvalue weighted by molar-refractivity contribution is 9.09. The van der Waals surface area contributed by atoms with Gasteiger partial charge in [-0.25, -0.2) is 0 Å². The highest BCUT2D eigenvalue weighted by Gasteiger charge is 2.11. The lowest BCUT2D eigenvalue weighted by molar-refractivity contribution is 0.0953. The Morgan fingerprint density at radius 1 is 1.40 bits per heavy atom. The third-order valence-corrected chi connectivity index (χ3v) is 3.48. The average Bonchev–Trinajstić information content (AvgIpc) is 2.42. The molecule has 1 atom stereocenters. The second-order valence-electron chi connectivity index (χ2n) is 5.31. The van der Waals surface area contributed by atoms with Gasteiger partial charge in [0.25, 0.3) is 5.91 Å². The van der Waals surface area contributed by atoms with E-state index in [1.165, 1.54) is 0 Å². The Hall–Kier alpha value is -1.03. The van der Waals surface area contributed by atoms with Gasteiger partial charge in [-0.15, -0.1) is 0 Å². The molecule has 1 aromatic rings. The maximum absolute atomic E-state index is 12.1. The first-order valence-corrected chi connectivity index (χ1v) is 8.09. The third-order valence-electron chi connectivity index (χ3n) is 2.78. The smallest absolute Gasteiger partial charge is 0.251 e. The maximum Gasteiger partial charge on any atom is 0.251 e. The first kappa shape index (κ1) is 17.0. The fourth-order valence-electron chi connectivity index (χ4n) is 1.85. The van der Waals surface area contributed by atoms with Crippen LogP contribution in [0.3, 0.4) is 0 Å². The number of hydrogen-bond donors (Lipinski definition) is 1. The van der Waals surface area contributed by atoms with Crippen molar-refractivity contribution in [2.24, 2.45) is 5.92 Å². The molecule has 1 N–H and O–H groups in total. The first-order valence-electron chi connectivity index (χ1n) is 7.18. The lowest BCUT2D eigenvalue weighted by atomic mass is 10.1. The van der Waals surface area contributed by atoms with Gasteiger partial charge in [-0.3, -0.25) is 4.79 Å². The summed E-state index contributed by atoms with van der Waals surface area (Å²) < 4.78 is 5.53. The first-order chi connectivity index (χ1) is 9.52. The van der Waals surface area contributed by atoms with Crippen molar-refractivity contribution in [1.29, 1.82) is 0 Å². The van der Waals surface area contributed by atoms with Gasteiger partial charge in [0.1, 0.15) is 5.75 Å². The Bertz CT molecular complexity index is 421. The quantitative estimate of drug-likeness (QED) is 0.725. The van der Waals surface area contributed by atoms with Crippen molar-refractivity contribution in [3.8, 4) is 5.75 Å². The summed E-state index contributed by atoms with van der Waals surface area (Å²) in [4.78, 5) is 12.4. The average molecular weight is 342 g/mol. The Kier molecular flexibility index (Phi) is 7.67. The van der Waals surface area contributed by atoms with E-state index in [1.807, 2.05) is 12.1 Å². The van der Waals surface area contributed by atoms with Gasteiger partial charge in [-0.05, 0) is 37.0 Å². The second-order valence-corrected chi connectivity index (χ2v) is 6.61. The lowest BCUT2D eigenvalue weighted by Gasteiger charge is -2.13. The highest BCUT2D eigenvalue weighted by Crippen LogP contribution is 2.15. The number of hydrogen-bond acceptors (Lipinski definition) is 2. The minimum Gasteiger partial charge on any atom is -0.494 e. The van der Waals surface area contributed by atoms with Gasteiger partial charge in [0, 0.05) is 16.9 Å². The summed E-state index contributed by atoms with van der Waals surface area (Å²) in [5, 5.41) is 2.95. The van der Waals surface area contributed by atoms with Crippen LogP contribution < -0.4 is 10.1 Å². The monoisotopic (exact) mass is 341 g/mol. The standard InChI is InChI=1S/C16H24BrNO2/c1-4-8-20-15-7-5-6-13(10-15)16(19)18-11-14(17)9-12(2)3/h5-7,10,12,14H,4,8-9,11H2,1-3H3,(H,18,19). The summed E-state index contributed by atoms with van der Waals surface area (Å²) in [7, 11) is 0. The molecule has 0 heterocycles. The Morgan fingerprint density at radius 3 is 2.80 bits per heavy atom. The van der Waals surface area contributed by atoms with Gasteiger partial charge >= 0.3 is 0 Å². The molecule has 0 saturated carbocycles. The molecule has 0 spiro atoms. The molecule has 0 aliphatic carbocycles. The van der Waals surface area contributed by atoms with Gasteiger partial charge in [0.2, 0.25) is 0 Å². The van der Waals surface area contributed by atoms with Crippen molar-refractivity contribution in [3.05, 3.63) is 29.8 Å².